The first-order valence-corrected chi connectivity index (χ1v) is 6.46. The number of amides is 1. The average Bonchev–Trinajstić information content (AvgIpc) is 2.42. The van der Waals surface area contributed by atoms with Gasteiger partial charge in [0.2, 0.25) is 5.91 Å². The molecule has 1 N–H and O–H groups in total. The summed E-state index contributed by atoms with van der Waals surface area (Å²) in [7, 11) is 0. The van der Waals surface area contributed by atoms with Crippen molar-refractivity contribution in [3.05, 3.63) is 53.6 Å². The van der Waals surface area contributed by atoms with E-state index < -0.39 is 5.97 Å². The van der Waals surface area contributed by atoms with Crippen molar-refractivity contribution in [2.45, 2.75) is 6.42 Å². The smallest absolute Gasteiger partial charge is 0.305 e. The van der Waals surface area contributed by atoms with Crippen LogP contribution >= 0.6 is 11.6 Å². The van der Waals surface area contributed by atoms with Crippen LogP contribution in [0.2, 0.25) is 5.02 Å². The van der Waals surface area contributed by atoms with E-state index in [4.69, 9.17) is 16.7 Å². The molecule has 0 spiro atoms. The molecule has 0 heterocycles. The Balaban J connectivity index is 2.66. The maximum absolute atomic E-state index is 12.0. The number of halogens is 1. The van der Waals surface area contributed by atoms with Crippen molar-refractivity contribution < 1.29 is 14.7 Å². The maximum Gasteiger partial charge on any atom is 0.305 e. The van der Waals surface area contributed by atoms with E-state index in [1.807, 2.05) is 0 Å². The van der Waals surface area contributed by atoms with E-state index in [1.54, 1.807) is 36.4 Å². The standard InChI is InChI=1S/C15H16ClNO3/c1-2-10-17(11-9-15(19)20)14(18)8-5-12-3-6-13(16)7-4-12/h2-8H,1,9-11H2,(H,19,20)/b8-5+. The fourth-order valence-electron chi connectivity index (χ4n) is 1.52. The number of carbonyl (C=O) groups excluding carboxylic acids is 1. The van der Waals surface area contributed by atoms with E-state index in [0.717, 1.165) is 5.56 Å². The first-order chi connectivity index (χ1) is 9.52. The Labute approximate surface area is 123 Å². The lowest BCUT2D eigenvalue weighted by atomic mass is 10.2. The van der Waals surface area contributed by atoms with Crippen LogP contribution < -0.4 is 0 Å². The van der Waals surface area contributed by atoms with Gasteiger partial charge in [-0.2, -0.15) is 0 Å². The second-order valence-corrected chi connectivity index (χ2v) is 4.54. The minimum absolute atomic E-state index is 0.0889. The molecule has 0 saturated heterocycles. The fraction of sp³-hybridized carbons (Fsp3) is 0.200. The van der Waals surface area contributed by atoms with Gasteiger partial charge in [-0.3, -0.25) is 9.59 Å². The van der Waals surface area contributed by atoms with E-state index in [0.29, 0.717) is 11.6 Å². The highest BCUT2D eigenvalue weighted by Gasteiger charge is 2.10. The number of hydrogen-bond donors (Lipinski definition) is 1. The number of carboxylic acid groups (broad SMARTS) is 1. The minimum Gasteiger partial charge on any atom is -0.481 e. The van der Waals surface area contributed by atoms with Crippen molar-refractivity contribution in [1.29, 1.82) is 0 Å². The molecule has 0 bridgehead atoms. The normalized spacial score (nSPS) is 10.4. The predicted octanol–water partition coefficient (Wildman–Crippen LogP) is 2.84. The Kier molecular flexibility index (Phi) is 6.53. The third-order valence-corrected chi connectivity index (χ3v) is 2.80. The summed E-state index contributed by atoms with van der Waals surface area (Å²) >= 11 is 5.77. The van der Waals surface area contributed by atoms with Crippen LogP contribution in [0.3, 0.4) is 0 Å². The molecule has 0 atom stereocenters. The molecular weight excluding hydrogens is 278 g/mol. The summed E-state index contributed by atoms with van der Waals surface area (Å²) in [6, 6.07) is 7.05. The van der Waals surface area contributed by atoms with Crippen LogP contribution in [-0.4, -0.2) is 35.0 Å². The molecule has 0 unspecified atom stereocenters. The van der Waals surface area contributed by atoms with Crippen LogP contribution in [0.15, 0.2) is 43.0 Å². The molecular formula is C15H16ClNO3. The SMILES string of the molecule is C=CCN(CCC(=O)O)C(=O)/C=C/c1ccc(Cl)cc1. The maximum atomic E-state index is 12.0. The Morgan fingerprint density at radius 1 is 1.30 bits per heavy atom. The van der Waals surface area contributed by atoms with Crippen LogP contribution in [0.5, 0.6) is 0 Å². The Morgan fingerprint density at radius 2 is 1.95 bits per heavy atom. The third kappa shape index (κ3) is 5.71. The summed E-state index contributed by atoms with van der Waals surface area (Å²) < 4.78 is 0. The highest BCUT2D eigenvalue weighted by Crippen LogP contribution is 2.10. The van der Waals surface area contributed by atoms with Crippen LogP contribution in [0.25, 0.3) is 6.08 Å². The zero-order valence-corrected chi connectivity index (χ0v) is 11.7. The summed E-state index contributed by atoms with van der Waals surface area (Å²) in [5.41, 5.74) is 0.847. The third-order valence-electron chi connectivity index (χ3n) is 2.55. The zero-order chi connectivity index (χ0) is 15.0. The molecule has 0 radical (unpaired) electrons. The lowest BCUT2D eigenvalue weighted by molar-refractivity contribution is -0.137. The lowest BCUT2D eigenvalue weighted by Gasteiger charge is -2.18. The molecule has 0 aliphatic carbocycles. The molecule has 4 nitrogen and oxygen atoms in total. The number of carboxylic acids is 1. The van der Waals surface area contributed by atoms with Crippen molar-refractivity contribution in [2.75, 3.05) is 13.1 Å². The molecule has 0 saturated carbocycles. The van der Waals surface area contributed by atoms with E-state index in [2.05, 4.69) is 6.58 Å². The van der Waals surface area contributed by atoms with Crippen molar-refractivity contribution in [3.63, 3.8) is 0 Å². The average molecular weight is 294 g/mol. The Morgan fingerprint density at radius 3 is 2.50 bits per heavy atom. The molecule has 1 aromatic carbocycles. The molecule has 0 aliphatic rings. The first kappa shape index (κ1) is 16.0. The van der Waals surface area contributed by atoms with Gasteiger partial charge in [0.25, 0.3) is 0 Å². The summed E-state index contributed by atoms with van der Waals surface area (Å²) in [5.74, 6) is -1.19. The van der Waals surface area contributed by atoms with E-state index in [9.17, 15) is 9.59 Å². The number of carbonyl (C=O) groups is 2. The molecule has 0 aliphatic heterocycles. The van der Waals surface area contributed by atoms with E-state index >= 15 is 0 Å². The topological polar surface area (TPSA) is 57.6 Å². The van der Waals surface area contributed by atoms with Crippen LogP contribution in [0.1, 0.15) is 12.0 Å². The van der Waals surface area contributed by atoms with Crippen molar-refractivity contribution in [2.24, 2.45) is 0 Å². The van der Waals surface area contributed by atoms with Gasteiger partial charge in [-0.15, -0.1) is 6.58 Å². The van der Waals surface area contributed by atoms with Crippen LogP contribution in [0, 0.1) is 0 Å². The lowest BCUT2D eigenvalue weighted by Crippen LogP contribution is -2.31. The number of hydrogen-bond acceptors (Lipinski definition) is 2. The Bertz CT molecular complexity index is 508. The van der Waals surface area contributed by atoms with Gasteiger partial charge in [0.1, 0.15) is 0 Å². The van der Waals surface area contributed by atoms with Gasteiger partial charge in [0.15, 0.2) is 0 Å². The van der Waals surface area contributed by atoms with E-state index in [-0.39, 0.29) is 18.9 Å². The summed E-state index contributed by atoms with van der Waals surface area (Å²) in [6.07, 6.45) is 4.55. The van der Waals surface area contributed by atoms with Gasteiger partial charge >= 0.3 is 5.97 Å². The quantitative estimate of drug-likeness (QED) is 0.621. The number of aliphatic carboxylic acids is 1. The molecule has 0 aromatic heterocycles. The molecule has 20 heavy (non-hydrogen) atoms. The zero-order valence-electron chi connectivity index (χ0n) is 11.0. The fourth-order valence-corrected chi connectivity index (χ4v) is 1.65. The monoisotopic (exact) mass is 293 g/mol. The van der Waals surface area contributed by atoms with Gasteiger partial charge in [-0.25, -0.2) is 0 Å². The highest BCUT2D eigenvalue weighted by molar-refractivity contribution is 6.30. The van der Waals surface area contributed by atoms with Crippen molar-refractivity contribution >= 4 is 29.6 Å². The number of rotatable bonds is 7. The second kappa shape index (κ2) is 8.17. The molecule has 1 amide bonds. The first-order valence-electron chi connectivity index (χ1n) is 6.08. The molecule has 1 rings (SSSR count). The van der Waals surface area contributed by atoms with Gasteiger partial charge in [0.05, 0.1) is 6.42 Å². The Hall–Kier alpha value is -2.07. The van der Waals surface area contributed by atoms with Gasteiger partial charge in [-0.1, -0.05) is 29.8 Å². The highest BCUT2D eigenvalue weighted by atomic mass is 35.5. The van der Waals surface area contributed by atoms with Crippen LogP contribution in [-0.2, 0) is 9.59 Å². The minimum atomic E-state index is -0.937. The summed E-state index contributed by atoms with van der Waals surface area (Å²) in [4.78, 5) is 23.9. The second-order valence-electron chi connectivity index (χ2n) is 4.10. The van der Waals surface area contributed by atoms with Crippen molar-refractivity contribution in [1.82, 2.24) is 4.90 Å². The molecule has 1 aromatic rings. The largest absolute Gasteiger partial charge is 0.481 e. The molecule has 5 heteroatoms. The molecule has 0 fully saturated rings. The summed E-state index contributed by atoms with van der Waals surface area (Å²) in [6.45, 7) is 4.03. The van der Waals surface area contributed by atoms with Gasteiger partial charge in [0, 0.05) is 24.2 Å². The number of nitrogens with zero attached hydrogens (tertiary/aromatic N) is 1. The predicted molar refractivity (Wildman–Crippen MR) is 79.5 cm³/mol. The number of benzene rings is 1. The van der Waals surface area contributed by atoms with Gasteiger partial charge in [-0.05, 0) is 23.8 Å². The summed E-state index contributed by atoms with van der Waals surface area (Å²) in [5, 5.41) is 9.28. The van der Waals surface area contributed by atoms with E-state index in [1.165, 1.54) is 11.0 Å². The van der Waals surface area contributed by atoms with Crippen LogP contribution in [0.4, 0.5) is 0 Å². The molecule has 106 valence electrons. The van der Waals surface area contributed by atoms with Gasteiger partial charge < -0.3 is 10.0 Å². The van der Waals surface area contributed by atoms with Crippen molar-refractivity contribution in [3.8, 4) is 0 Å².